The predicted octanol–water partition coefficient (Wildman–Crippen LogP) is 1.46. The molecule has 0 aromatic heterocycles. The SMILES string of the molecule is CCC(C)C(OC(=O)CC(CC(=O)O)C(=O)O)C(O)CC(C)CCCCCC(O)C(O)CC(O)CNC(C)=O. The summed E-state index contributed by atoms with van der Waals surface area (Å²) in [7, 11) is 0. The first-order valence-electron chi connectivity index (χ1n) is 13.8. The van der Waals surface area contributed by atoms with Crippen LogP contribution < -0.4 is 5.32 Å². The monoisotopic (exact) mass is 563 g/mol. The van der Waals surface area contributed by atoms with Crippen molar-refractivity contribution in [2.45, 2.75) is 122 Å². The molecule has 0 aliphatic rings. The molecule has 0 spiro atoms. The summed E-state index contributed by atoms with van der Waals surface area (Å²) in [5.41, 5.74) is 0. The molecule has 8 unspecified atom stereocenters. The zero-order chi connectivity index (χ0) is 30.1. The van der Waals surface area contributed by atoms with Crippen molar-refractivity contribution >= 4 is 23.8 Å². The number of esters is 1. The Morgan fingerprint density at radius 1 is 0.821 bits per heavy atom. The van der Waals surface area contributed by atoms with Crippen LogP contribution in [0, 0.1) is 17.8 Å². The smallest absolute Gasteiger partial charge is 0.307 e. The third kappa shape index (κ3) is 17.1. The molecule has 12 heteroatoms. The van der Waals surface area contributed by atoms with E-state index in [-0.39, 0.29) is 30.7 Å². The van der Waals surface area contributed by atoms with Gasteiger partial charge < -0.3 is 40.7 Å². The van der Waals surface area contributed by atoms with Gasteiger partial charge in [0.05, 0.1) is 43.2 Å². The van der Waals surface area contributed by atoms with Crippen LogP contribution in [0.5, 0.6) is 0 Å². The van der Waals surface area contributed by atoms with Crippen LogP contribution in [0.2, 0.25) is 0 Å². The lowest BCUT2D eigenvalue weighted by atomic mass is 9.89. The summed E-state index contributed by atoms with van der Waals surface area (Å²) in [6.45, 7) is 6.98. The number of rotatable bonds is 22. The van der Waals surface area contributed by atoms with Gasteiger partial charge in [-0.25, -0.2) is 0 Å². The number of unbranched alkanes of at least 4 members (excludes halogenated alkanes) is 2. The van der Waals surface area contributed by atoms with E-state index in [1.54, 1.807) is 0 Å². The van der Waals surface area contributed by atoms with Crippen LogP contribution in [0.3, 0.4) is 0 Å². The van der Waals surface area contributed by atoms with E-state index in [4.69, 9.17) is 14.9 Å². The van der Waals surface area contributed by atoms with Crippen LogP contribution in [-0.2, 0) is 23.9 Å². The van der Waals surface area contributed by atoms with Crippen LogP contribution in [0.1, 0.15) is 91.9 Å². The summed E-state index contributed by atoms with van der Waals surface area (Å²) < 4.78 is 5.44. The van der Waals surface area contributed by atoms with Gasteiger partial charge in [0.1, 0.15) is 6.10 Å². The van der Waals surface area contributed by atoms with E-state index < -0.39 is 67.2 Å². The second kappa shape index (κ2) is 19.7. The van der Waals surface area contributed by atoms with Gasteiger partial charge in [0.2, 0.25) is 5.91 Å². The van der Waals surface area contributed by atoms with Crippen molar-refractivity contribution in [2.75, 3.05) is 6.54 Å². The van der Waals surface area contributed by atoms with Crippen LogP contribution in [-0.4, -0.2) is 91.5 Å². The maximum atomic E-state index is 12.4. The molecule has 0 radical (unpaired) electrons. The van der Waals surface area contributed by atoms with E-state index in [0.717, 1.165) is 19.3 Å². The van der Waals surface area contributed by atoms with Crippen molar-refractivity contribution in [1.29, 1.82) is 0 Å². The van der Waals surface area contributed by atoms with Crippen molar-refractivity contribution in [3.8, 4) is 0 Å². The fourth-order valence-electron chi connectivity index (χ4n) is 4.33. The molecule has 0 fully saturated rings. The number of carboxylic acid groups (broad SMARTS) is 2. The Balaban J connectivity index is 4.56. The van der Waals surface area contributed by atoms with E-state index in [9.17, 15) is 39.6 Å². The van der Waals surface area contributed by atoms with Gasteiger partial charge in [0.15, 0.2) is 0 Å². The first-order valence-corrected chi connectivity index (χ1v) is 13.8. The van der Waals surface area contributed by atoms with Gasteiger partial charge in [0, 0.05) is 19.9 Å². The largest absolute Gasteiger partial charge is 0.481 e. The number of aliphatic hydroxyl groups excluding tert-OH is 4. The Hall–Kier alpha value is -2.28. The van der Waals surface area contributed by atoms with E-state index in [2.05, 4.69) is 5.32 Å². The minimum atomic E-state index is -1.41. The minimum absolute atomic E-state index is 0.00746. The molecule has 0 saturated heterocycles. The Morgan fingerprint density at radius 3 is 1.97 bits per heavy atom. The molecular weight excluding hydrogens is 514 g/mol. The summed E-state index contributed by atoms with van der Waals surface area (Å²) >= 11 is 0. The minimum Gasteiger partial charge on any atom is -0.481 e. The summed E-state index contributed by atoms with van der Waals surface area (Å²) in [4.78, 5) is 45.4. The average molecular weight is 564 g/mol. The summed E-state index contributed by atoms with van der Waals surface area (Å²) in [5.74, 6) is -5.38. The number of amides is 1. The van der Waals surface area contributed by atoms with Gasteiger partial charge in [0.25, 0.3) is 0 Å². The van der Waals surface area contributed by atoms with Crippen molar-refractivity contribution in [2.24, 2.45) is 17.8 Å². The van der Waals surface area contributed by atoms with Gasteiger partial charge in [-0.2, -0.15) is 0 Å². The highest BCUT2D eigenvalue weighted by molar-refractivity contribution is 5.82. The van der Waals surface area contributed by atoms with Gasteiger partial charge >= 0.3 is 17.9 Å². The molecule has 0 rings (SSSR count). The zero-order valence-corrected chi connectivity index (χ0v) is 23.6. The molecule has 8 atom stereocenters. The summed E-state index contributed by atoms with van der Waals surface area (Å²) in [5, 5.41) is 61.3. The van der Waals surface area contributed by atoms with Gasteiger partial charge in [-0.05, 0) is 31.1 Å². The van der Waals surface area contributed by atoms with Crippen LogP contribution in [0.4, 0.5) is 0 Å². The van der Waals surface area contributed by atoms with Crippen molar-refractivity contribution in [3.63, 3.8) is 0 Å². The normalized spacial score (nSPS) is 17.6. The van der Waals surface area contributed by atoms with E-state index in [1.807, 2.05) is 20.8 Å². The second-order valence-electron chi connectivity index (χ2n) is 10.7. The number of aliphatic hydroxyl groups is 4. The molecule has 0 heterocycles. The van der Waals surface area contributed by atoms with Crippen LogP contribution >= 0.6 is 0 Å². The lowest BCUT2D eigenvalue weighted by Crippen LogP contribution is -2.38. The number of carboxylic acids is 2. The molecule has 228 valence electrons. The molecule has 0 aromatic carbocycles. The lowest BCUT2D eigenvalue weighted by molar-refractivity contribution is -0.164. The predicted molar refractivity (Wildman–Crippen MR) is 142 cm³/mol. The highest BCUT2D eigenvalue weighted by Crippen LogP contribution is 2.24. The number of nitrogens with one attached hydrogen (secondary N) is 1. The second-order valence-corrected chi connectivity index (χ2v) is 10.7. The molecule has 39 heavy (non-hydrogen) atoms. The fraction of sp³-hybridized carbons (Fsp3) is 0.852. The third-order valence-electron chi connectivity index (χ3n) is 6.92. The van der Waals surface area contributed by atoms with Gasteiger partial charge in [-0.1, -0.05) is 46.5 Å². The highest BCUT2D eigenvalue weighted by atomic mass is 16.6. The molecular formula is C27H49NO11. The van der Waals surface area contributed by atoms with Crippen LogP contribution in [0.25, 0.3) is 0 Å². The van der Waals surface area contributed by atoms with Crippen LogP contribution in [0.15, 0.2) is 0 Å². The molecule has 0 saturated carbocycles. The quantitative estimate of drug-likeness (QED) is 0.0740. The van der Waals surface area contributed by atoms with E-state index in [1.165, 1.54) is 6.92 Å². The topological polar surface area (TPSA) is 211 Å². The Morgan fingerprint density at radius 2 is 1.44 bits per heavy atom. The Kier molecular flexibility index (Phi) is 18.6. The molecule has 0 aliphatic heterocycles. The maximum Gasteiger partial charge on any atom is 0.307 e. The number of carbonyl (C=O) groups is 4. The standard InChI is InChI=1S/C27H49NO11/c1-5-17(3)26(39-25(36)13-19(27(37)38)12-24(34)35)23(33)11-16(2)9-7-6-8-10-21(31)22(32)14-20(30)15-28-18(4)29/h16-17,19-23,26,30-33H,5-15H2,1-4H3,(H,28,29)(H,34,35)(H,37,38). The van der Waals surface area contributed by atoms with E-state index >= 15 is 0 Å². The molecule has 1 amide bonds. The molecule has 0 aromatic rings. The van der Waals surface area contributed by atoms with Gasteiger partial charge in [-0.3, -0.25) is 19.2 Å². The highest BCUT2D eigenvalue weighted by Gasteiger charge is 2.32. The van der Waals surface area contributed by atoms with Crippen molar-refractivity contribution in [3.05, 3.63) is 0 Å². The zero-order valence-electron chi connectivity index (χ0n) is 23.6. The molecule has 12 nitrogen and oxygen atoms in total. The molecule has 0 bridgehead atoms. The Labute approximate surface area is 230 Å². The Bertz CT molecular complexity index is 747. The van der Waals surface area contributed by atoms with Crippen molar-refractivity contribution < 1.29 is 54.6 Å². The first-order chi connectivity index (χ1) is 18.2. The average Bonchev–Trinajstić information content (AvgIpc) is 2.84. The first kappa shape index (κ1) is 36.7. The number of ether oxygens (including phenoxy) is 1. The number of hydrogen-bond acceptors (Lipinski definition) is 9. The fourth-order valence-corrected chi connectivity index (χ4v) is 4.33. The number of aliphatic carboxylic acids is 2. The molecule has 0 aliphatic carbocycles. The summed E-state index contributed by atoms with van der Waals surface area (Å²) in [6.07, 6.45) is -1.85. The van der Waals surface area contributed by atoms with Crippen molar-refractivity contribution in [1.82, 2.24) is 5.32 Å². The summed E-state index contributed by atoms with van der Waals surface area (Å²) in [6, 6.07) is 0. The lowest BCUT2D eigenvalue weighted by Gasteiger charge is -2.30. The maximum absolute atomic E-state index is 12.4. The van der Waals surface area contributed by atoms with E-state index in [0.29, 0.717) is 25.7 Å². The number of hydrogen-bond donors (Lipinski definition) is 7. The molecule has 7 N–H and O–H groups in total. The van der Waals surface area contributed by atoms with Gasteiger partial charge in [-0.15, -0.1) is 0 Å². The number of carbonyl (C=O) groups excluding carboxylic acids is 2. The third-order valence-corrected chi connectivity index (χ3v) is 6.92.